The zero-order valence-electron chi connectivity index (χ0n) is 14.4. The number of alkyl halides is 2. The van der Waals surface area contributed by atoms with E-state index < -0.39 is 11.8 Å². The first kappa shape index (κ1) is 18.2. The first-order valence-electron chi connectivity index (χ1n) is 7.84. The summed E-state index contributed by atoms with van der Waals surface area (Å²) in [5.41, 5.74) is 1.97. The van der Waals surface area contributed by atoms with Crippen LogP contribution in [0.2, 0.25) is 0 Å². The lowest BCUT2D eigenvalue weighted by atomic mass is 10.2. The number of imidazole rings is 1. The van der Waals surface area contributed by atoms with Gasteiger partial charge in [-0.15, -0.1) is 0 Å². The lowest BCUT2D eigenvalue weighted by Crippen LogP contribution is -2.23. The van der Waals surface area contributed by atoms with Crippen molar-refractivity contribution in [3.63, 3.8) is 0 Å². The van der Waals surface area contributed by atoms with E-state index in [0.717, 1.165) is 0 Å². The number of hydrogen-bond donors (Lipinski definition) is 2. The predicted octanol–water partition coefficient (Wildman–Crippen LogP) is 2.37. The summed E-state index contributed by atoms with van der Waals surface area (Å²) < 4.78 is 27.3. The second kappa shape index (κ2) is 6.98. The van der Waals surface area contributed by atoms with Crippen molar-refractivity contribution in [1.82, 2.24) is 9.97 Å². The minimum absolute atomic E-state index is 0.0849. The van der Waals surface area contributed by atoms with Gasteiger partial charge in [-0.05, 0) is 24.2 Å². The van der Waals surface area contributed by atoms with Crippen LogP contribution in [0.15, 0.2) is 40.7 Å². The fourth-order valence-corrected chi connectivity index (χ4v) is 2.28. The van der Waals surface area contributed by atoms with E-state index in [-0.39, 0.29) is 17.4 Å². The molecule has 2 aromatic rings. The second-order valence-corrected chi connectivity index (χ2v) is 5.83. The van der Waals surface area contributed by atoms with Crippen molar-refractivity contribution in [2.45, 2.75) is 19.8 Å². The van der Waals surface area contributed by atoms with Crippen LogP contribution in [0.25, 0.3) is 0 Å². The molecule has 1 aromatic carbocycles. The third kappa shape index (κ3) is 4.17. The summed E-state index contributed by atoms with van der Waals surface area (Å²) in [7, 11) is 0. The molecule has 0 atom stereocenters. The topological polar surface area (TPSA) is 103 Å². The summed E-state index contributed by atoms with van der Waals surface area (Å²) in [5, 5.41) is 6.82. The maximum Gasteiger partial charge on any atom is 0.324 e. The summed E-state index contributed by atoms with van der Waals surface area (Å²) in [4.78, 5) is 33.2. The fourth-order valence-electron chi connectivity index (χ4n) is 2.28. The average molecular weight is 373 g/mol. The Kier molecular flexibility index (Phi) is 4.72. The van der Waals surface area contributed by atoms with Crippen LogP contribution in [0, 0.1) is 0 Å². The summed E-state index contributed by atoms with van der Waals surface area (Å²) in [5.74, 6) is -5.25. The number of aromatic amines is 1. The molecule has 138 valence electrons. The van der Waals surface area contributed by atoms with Crippen molar-refractivity contribution in [2.75, 3.05) is 5.32 Å². The summed E-state index contributed by atoms with van der Waals surface area (Å²) in [6.07, 6.45) is 5.92. The summed E-state index contributed by atoms with van der Waals surface area (Å²) in [6, 6.07) is 5.05. The SMILES string of the molecule is CC(/C=[N+]1\N=Cc2cc(NC(=O)c3ncc[nH]3)ccc21)=NC(=O)C(C)(F)F. The van der Waals surface area contributed by atoms with Gasteiger partial charge in [-0.2, -0.15) is 8.78 Å². The number of rotatable bonds is 4. The fraction of sp³-hybridized carbons (Fsp3) is 0.176. The van der Waals surface area contributed by atoms with Gasteiger partial charge in [0, 0.05) is 31.1 Å². The van der Waals surface area contributed by atoms with Crippen molar-refractivity contribution >= 4 is 41.3 Å². The smallest absolute Gasteiger partial charge is 0.324 e. The first-order chi connectivity index (χ1) is 12.7. The molecule has 8 nitrogen and oxygen atoms in total. The Morgan fingerprint density at radius 2 is 2.15 bits per heavy atom. The lowest BCUT2D eigenvalue weighted by molar-refractivity contribution is -0.433. The van der Waals surface area contributed by atoms with Crippen LogP contribution in [0.5, 0.6) is 0 Å². The highest BCUT2D eigenvalue weighted by Gasteiger charge is 2.32. The second-order valence-electron chi connectivity index (χ2n) is 5.83. The number of amides is 2. The van der Waals surface area contributed by atoms with E-state index in [1.54, 1.807) is 24.4 Å². The van der Waals surface area contributed by atoms with Gasteiger partial charge in [0.1, 0.15) is 11.9 Å². The van der Waals surface area contributed by atoms with Crippen LogP contribution in [0.1, 0.15) is 30.0 Å². The zero-order valence-corrected chi connectivity index (χ0v) is 14.4. The van der Waals surface area contributed by atoms with Gasteiger partial charge >= 0.3 is 11.8 Å². The molecule has 10 heteroatoms. The summed E-state index contributed by atoms with van der Waals surface area (Å²) >= 11 is 0. The average Bonchev–Trinajstić information content (AvgIpc) is 3.24. The Morgan fingerprint density at radius 3 is 2.81 bits per heavy atom. The molecule has 2 amide bonds. The van der Waals surface area contributed by atoms with Crippen molar-refractivity contribution < 1.29 is 23.1 Å². The van der Waals surface area contributed by atoms with Gasteiger partial charge in [0.15, 0.2) is 5.82 Å². The van der Waals surface area contributed by atoms with Gasteiger partial charge in [-0.3, -0.25) is 9.59 Å². The molecule has 3 rings (SSSR count). The number of carbonyl (C=O) groups excluding carboxylic acids is 2. The minimum atomic E-state index is -3.53. The largest absolute Gasteiger partial charge is 0.341 e. The number of carbonyl (C=O) groups is 2. The van der Waals surface area contributed by atoms with Crippen LogP contribution in [-0.4, -0.2) is 50.5 Å². The normalized spacial score (nSPS) is 15.1. The van der Waals surface area contributed by atoms with Gasteiger partial charge in [-0.25, -0.2) is 9.98 Å². The highest BCUT2D eigenvalue weighted by Crippen LogP contribution is 2.26. The Labute approximate surface area is 152 Å². The molecular formula is C17H15F2N6O2+. The number of halogens is 2. The number of anilines is 1. The van der Waals surface area contributed by atoms with Crippen LogP contribution in [0.4, 0.5) is 20.2 Å². The van der Waals surface area contributed by atoms with Gasteiger partial charge in [0.05, 0.1) is 5.56 Å². The Hall–Kier alpha value is -3.56. The Bertz CT molecular complexity index is 987. The molecule has 0 bridgehead atoms. The van der Waals surface area contributed by atoms with Crippen LogP contribution >= 0.6 is 0 Å². The van der Waals surface area contributed by atoms with Gasteiger partial charge in [0.25, 0.3) is 5.91 Å². The van der Waals surface area contributed by atoms with E-state index in [0.29, 0.717) is 23.9 Å². The van der Waals surface area contributed by atoms with E-state index in [9.17, 15) is 18.4 Å². The molecule has 0 radical (unpaired) electrons. The molecule has 2 heterocycles. The number of H-pyrrole nitrogens is 1. The highest BCUT2D eigenvalue weighted by atomic mass is 19.3. The highest BCUT2D eigenvalue weighted by molar-refractivity contribution is 6.30. The van der Waals surface area contributed by atoms with E-state index in [4.69, 9.17) is 0 Å². The third-order valence-corrected chi connectivity index (χ3v) is 3.53. The zero-order chi connectivity index (χ0) is 19.6. The number of nitrogens with zero attached hydrogens (tertiary/aromatic N) is 4. The standard InChI is InChI=1S/C17H14F2N6O2/c1-10(23-16(27)17(2,18)19)9-25-13-4-3-12(7-11(13)8-22-25)24-15(26)14-20-5-6-21-14/h3-9H,1-2H3,(H-,20,21,23,24,26,27)/p+1. The number of hydrogen-bond acceptors (Lipinski definition) is 4. The number of aliphatic imine (C=N–C) groups is 1. The number of benzene rings is 1. The number of aromatic nitrogens is 2. The Morgan fingerprint density at radius 1 is 1.37 bits per heavy atom. The molecule has 0 fully saturated rings. The summed E-state index contributed by atoms with van der Waals surface area (Å²) in [6.45, 7) is 1.92. The molecule has 0 saturated heterocycles. The monoisotopic (exact) mass is 373 g/mol. The number of hydrazone groups is 1. The molecule has 0 spiro atoms. The van der Waals surface area contributed by atoms with E-state index >= 15 is 0 Å². The van der Waals surface area contributed by atoms with Crippen LogP contribution in [-0.2, 0) is 4.79 Å². The van der Waals surface area contributed by atoms with Crippen LogP contribution < -0.4 is 5.32 Å². The van der Waals surface area contributed by atoms with Crippen molar-refractivity contribution in [3.8, 4) is 0 Å². The van der Waals surface area contributed by atoms with Gasteiger partial charge in [0.2, 0.25) is 11.9 Å². The third-order valence-electron chi connectivity index (χ3n) is 3.53. The molecule has 2 N–H and O–H groups in total. The number of fused-ring (bicyclic) bond motifs is 1. The van der Waals surface area contributed by atoms with Crippen LogP contribution in [0.3, 0.4) is 0 Å². The predicted molar refractivity (Wildman–Crippen MR) is 95.3 cm³/mol. The quantitative estimate of drug-likeness (QED) is 0.635. The van der Waals surface area contributed by atoms with E-state index in [2.05, 4.69) is 25.4 Å². The van der Waals surface area contributed by atoms with Gasteiger partial charge in [-0.1, -0.05) is 4.68 Å². The van der Waals surface area contributed by atoms with Crippen molar-refractivity contribution in [2.24, 2.45) is 10.1 Å². The minimum Gasteiger partial charge on any atom is -0.341 e. The van der Waals surface area contributed by atoms with Gasteiger partial charge < -0.3 is 10.3 Å². The van der Waals surface area contributed by atoms with Crippen molar-refractivity contribution in [3.05, 3.63) is 42.0 Å². The molecule has 1 aromatic heterocycles. The number of nitrogens with one attached hydrogen (secondary N) is 2. The molecular weight excluding hydrogens is 358 g/mol. The van der Waals surface area contributed by atoms with E-state index in [1.807, 2.05) is 0 Å². The molecule has 0 saturated carbocycles. The maximum absolute atomic E-state index is 12.9. The molecule has 0 aliphatic carbocycles. The molecule has 27 heavy (non-hydrogen) atoms. The molecule has 1 aliphatic heterocycles. The lowest BCUT2D eigenvalue weighted by Gasteiger charge is -2.04. The maximum atomic E-state index is 12.9. The van der Waals surface area contributed by atoms with E-state index in [1.165, 1.54) is 30.2 Å². The molecule has 0 unspecified atom stereocenters. The molecule has 1 aliphatic rings. The first-order valence-corrected chi connectivity index (χ1v) is 7.84. The van der Waals surface area contributed by atoms with Crippen molar-refractivity contribution in [1.29, 1.82) is 0 Å². The Balaban J connectivity index is 1.78.